The van der Waals surface area contributed by atoms with E-state index in [-0.39, 0.29) is 28.5 Å². The molecular weight excluding hydrogens is 380 g/mol. The molecular formula is C17H20BrClN2O2. The predicted molar refractivity (Wildman–Crippen MR) is 100 cm³/mol. The number of phenolic OH excluding ortho intramolecular Hbond substituents is 1. The van der Waals surface area contributed by atoms with Gasteiger partial charge in [0.1, 0.15) is 17.6 Å². The van der Waals surface area contributed by atoms with Gasteiger partial charge in [-0.3, -0.25) is 4.99 Å². The smallest absolute Gasteiger partial charge is 0.121 e. The quantitative estimate of drug-likeness (QED) is 0.798. The van der Waals surface area contributed by atoms with Crippen LogP contribution in [0.5, 0.6) is 5.75 Å². The van der Waals surface area contributed by atoms with Gasteiger partial charge >= 0.3 is 0 Å². The predicted octanol–water partition coefficient (Wildman–Crippen LogP) is 3.40. The van der Waals surface area contributed by atoms with Gasteiger partial charge in [-0.25, -0.2) is 0 Å². The number of aliphatic imine (C=N–C) groups is 1. The molecule has 1 aliphatic rings. The Bertz CT molecular complexity index is 702. The monoisotopic (exact) mass is 398 g/mol. The van der Waals surface area contributed by atoms with Crippen LogP contribution < -0.4 is 0 Å². The first-order valence-corrected chi connectivity index (χ1v) is 7.24. The van der Waals surface area contributed by atoms with Crippen LogP contribution in [-0.4, -0.2) is 35.4 Å². The van der Waals surface area contributed by atoms with E-state index in [1.165, 1.54) is 0 Å². The average Bonchev–Trinajstić information content (AvgIpc) is 2.47. The number of nitrogens with zero attached hydrogens (tertiary/aromatic N) is 2. The van der Waals surface area contributed by atoms with Crippen LogP contribution in [0, 0.1) is 0 Å². The SMILES string of the molecule is Br.CN(C)C1=NC(c2ccc(Cl)cc2)c2c(O)cccc2C1.O. The molecule has 1 unspecified atom stereocenters. The first kappa shape index (κ1) is 19.5. The van der Waals surface area contributed by atoms with E-state index in [0.717, 1.165) is 28.9 Å². The highest BCUT2D eigenvalue weighted by Crippen LogP contribution is 2.38. The van der Waals surface area contributed by atoms with Gasteiger partial charge in [0.2, 0.25) is 0 Å². The first-order chi connectivity index (χ1) is 10.1. The Hall–Kier alpha value is -1.56. The van der Waals surface area contributed by atoms with Crippen molar-refractivity contribution in [1.82, 2.24) is 4.90 Å². The molecule has 1 atom stereocenters. The summed E-state index contributed by atoms with van der Waals surface area (Å²) >= 11 is 5.97. The largest absolute Gasteiger partial charge is 0.508 e. The van der Waals surface area contributed by atoms with Crippen molar-refractivity contribution in [3.63, 3.8) is 0 Å². The van der Waals surface area contributed by atoms with Gasteiger partial charge in [0.15, 0.2) is 0 Å². The van der Waals surface area contributed by atoms with Crippen LogP contribution in [0.1, 0.15) is 22.7 Å². The lowest BCUT2D eigenvalue weighted by Gasteiger charge is -2.28. The fourth-order valence-electron chi connectivity index (χ4n) is 2.66. The molecule has 0 spiro atoms. The zero-order chi connectivity index (χ0) is 15.0. The summed E-state index contributed by atoms with van der Waals surface area (Å²) in [5, 5.41) is 11.0. The molecule has 2 aromatic carbocycles. The summed E-state index contributed by atoms with van der Waals surface area (Å²) in [5.41, 5.74) is 3.04. The molecule has 23 heavy (non-hydrogen) atoms. The summed E-state index contributed by atoms with van der Waals surface area (Å²) in [6.45, 7) is 0. The number of hydrogen-bond acceptors (Lipinski definition) is 3. The second kappa shape index (κ2) is 7.81. The molecule has 3 N–H and O–H groups in total. The summed E-state index contributed by atoms with van der Waals surface area (Å²) < 4.78 is 0. The lowest BCUT2D eigenvalue weighted by Crippen LogP contribution is -2.28. The highest BCUT2D eigenvalue weighted by atomic mass is 79.9. The van der Waals surface area contributed by atoms with Crippen molar-refractivity contribution in [2.75, 3.05) is 14.1 Å². The minimum Gasteiger partial charge on any atom is -0.508 e. The zero-order valence-electron chi connectivity index (χ0n) is 13.0. The highest BCUT2D eigenvalue weighted by molar-refractivity contribution is 8.93. The van der Waals surface area contributed by atoms with Crippen LogP contribution in [0.25, 0.3) is 0 Å². The fourth-order valence-corrected chi connectivity index (χ4v) is 2.78. The molecule has 1 aliphatic heterocycles. The van der Waals surface area contributed by atoms with E-state index in [2.05, 4.69) is 6.07 Å². The third kappa shape index (κ3) is 3.86. The molecule has 0 amide bonds. The summed E-state index contributed by atoms with van der Waals surface area (Å²) in [7, 11) is 3.98. The van der Waals surface area contributed by atoms with E-state index in [0.29, 0.717) is 10.8 Å². The lowest BCUT2D eigenvalue weighted by atomic mass is 9.89. The third-order valence-electron chi connectivity index (χ3n) is 3.78. The first-order valence-electron chi connectivity index (χ1n) is 6.86. The average molecular weight is 400 g/mol. The molecule has 1 heterocycles. The van der Waals surface area contributed by atoms with Crippen molar-refractivity contribution in [3.8, 4) is 5.75 Å². The Kier molecular flexibility index (Phi) is 6.62. The van der Waals surface area contributed by atoms with Crippen molar-refractivity contribution in [2.24, 2.45) is 4.99 Å². The van der Waals surface area contributed by atoms with E-state index >= 15 is 0 Å². The Labute approximate surface area is 151 Å². The van der Waals surface area contributed by atoms with Crippen LogP contribution in [0.3, 0.4) is 0 Å². The molecule has 0 fully saturated rings. The molecule has 0 bridgehead atoms. The Morgan fingerprint density at radius 2 is 1.78 bits per heavy atom. The van der Waals surface area contributed by atoms with Crippen molar-refractivity contribution in [2.45, 2.75) is 12.5 Å². The molecule has 0 saturated heterocycles. The molecule has 0 aromatic heterocycles. The van der Waals surface area contributed by atoms with Crippen LogP contribution in [0.15, 0.2) is 47.5 Å². The summed E-state index contributed by atoms with van der Waals surface area (Å²) in [6, 6.07) is 13.1. The topological polar surface area (TPSA) is 67.3 Å². The maximum atomic E-state index is 10.3. The molecule has 124 valence electrons. The third-order valence-corrected chi connectivity index (χ3v) is 4.03. The van der Waals surface area contributed by atoms with E-state index in [9.17, 15) is 5.11 Å². The second-order valence-electron chi connectivity index (χ2n) is 5.42. The number of amidine groups is 1. The van der Waals surface area contributed by atoms with Crippen LogP contribution in [0.4, 0.5) is 0 Å². The molecule has 4 nitrogen and oxygen atoms in total. The number of likely N-dealkylation sites (N-methyl/N-ethyl adjacent to an activating group) is 1. The van der Waals surface area contributed by atoms with E-state index in [1.54, 1.807) is 6.07 Å². The van der Waals surface area contributed by atoms with Gasteiger partial charge in [-0.05, 0) is 29.3 Å². The molecule has 6 heteroatoms. The second-order valence-corrected chi connectivity index (χ2v) is 5.86. The fraction of sp³-hybridized carbons (Fsp3) is 0.235. The normalized spacial score (nSPS) is 15.6. The highest BCUT2D eigenvalue weighted by Gasteiger charge is 2.26. The van der Waals surface area contributed by atoms with Crippen LogP contribution in [0.2, 0.25) is 5.02 Å². The van der Waals surface area contributed by atoms with Gasteiger partial charge < -0.3 is 15.5 Å². The molecule has 2 aromatic rings. The van der Waals surface area contributed by atoms with Crippen LogP contribution in [-0.2, 0) is 6.42 Å². The van der Waals surface area contributed by atoms with E-state index in [4.69, 9.17) is 16.6 Å². The molecule has 0 radical (unpaired) electrons. The van der Waals surface area contributed by atoms with Crippen molar-refractivity contribution >= 4 is 34.4 Å². The Morgan fingerprint density at radius 3 is 2.39 bits per heavy atom. The van der Waals surface area contributed by atoms with Gasteiger partial charge in [0.05, 0.1) is 0 Å². The summed E-state index contributed by atoms with van der Waals surface area (Å²) in [5.74, 6) is 1.31. The van der Waals surface area contributed by atoms with Gasteiger partial charge in [-0.1, -0.05) is 35.9 Å². The number of rotatable bonds is 1. The number of hydrogen-bond donors (Lipinski definition) is 1. The van der Waals surface area contributed by atoms with Crippen LogP contribution >= 0.6 is 28.6 Å². The Balaban J connectivity index is 0.00000132. The van der Waals surface area contributed by atoms with E-state index in [1.807, 2.05) is 49.3 Å². The number of halogens is 2. The summed E-state index contributed by atoms with van der Waals surface area (Å²) in [6.07, 6.45) is 0.737. The molecule has 0 aliphatic carbocycles. The van der Waals surface area contributed by atoms with Crippen molar-refractivity contribution < 1.29 is 10.6 Å². The number of benzene rings is 2. The van der Waals surface area contributed by atoms with Crippen molar-refractivity contribution in [1.29, 1.82) is 0 Å². The maximum Gasteiger partial charge on any atom is 0.121 e. The number of phenols is 1. The lowest BCUT2D eigenvalue weighted by molar-refractivity contribution is 0.462. The molecule has 3 rings (SSSR count). The Morgan fingerprint density at radius 1 is 1.13 bits per heavy atom. The van der Waals surface area contributed by atoms with Crippen molar-refractivity contribution in [3.05, 3.63) is 64.2 Å². The standard InChI is InChI=1S/C17H17ClN2O.BrH.H2O/c1-20(2)15-10-12-4-3-5-14(21)16(12)17(19-15)11-6-8-13(18)9-7-11;;/h3-9,17,21H,10H2,1-2H3;1H;1H2. The minimum absolute atomic E-state index is 0. The number of fused-ring (bicyclic) bond motifs is 1. The maximum absolute atomic E-state index is 10.3. The van der Waals surface area contributed by atoms with E-state index < -0.39 is 0 Å². The zero-order valence-corrected chi connectivity index (χ0v) is 15.4. The number of aromatic hydroxyl groups is 1. The van der Waals surface area contributed by atoms with Gasteiger partial charge in [-0.2, -0.15) is 0 Å². The molecule has 0 saturated carbocycles. The minimum atomic E-state index is -0.190. The van der Waals surface area contributed by atoms with Gasteiger partial charge in [0, 0.05) is 31.1 Å². The van der Waals surface area contributed by atoms with Gasteiger partial charge in [0.25, 0.3) is 0 Å². The summed E-state index contributed by atoms with van der Waals surface area (Å²) in [4.78, 5) is 6.85. The van der Waals surface area contributed by atoms with Gasteiger partial charge in [-0.15, -0.1) is 17.0 Å².